The minimum Gasteiger partial charge on any atom is -0.444 e. The predicted octanol–water partition coefficient (Wildman–Crippen LogP) is 3.13. The Bertz CT molecular complexity index is 467. The van der Waals surface area contributed by atoms with Gasteiger partial charge < -0.3 is 20.5 Å². The first-order valence-electron chi connectivity index (χ1n) is 10.2. The van der Waals surface area contributed by atoms with E-state index in [0.29, 0.717) is 5.92 Å². The van der Waals surface area contributed by atoms with Gasteiger partial charge in [0.2, 0.25) is 5.91 Å². The minimum atomic E-state index is -0.544. The van der Waals surface area contributed by atoms with Crippen LogP contribution in [0.5, 0.6) is 0 Å². The van der Waals surface area contributed by atoms with Gasteiger partial charge in [0, 0.05) is 18.7 Å². The average Bonchev–Trinajstić information content (AvgIpc) is 2.79. The van der Waals surface area contributed by atoms with Gasteiger partial charge in [-0.25, -0.2) is 4.79 Å². The Morgan fingerprint density at radius 2 is 1.62 bits per heavy atom. The molecule has 0 radical (unpaired) electrons. The Labute approximate surface area is 157 Å². The molecule has 2 fully saturated rings. The van der Waals surface area contributed by atoms with Gasteiger partial charge in [-0.2, -0.15) is 0 Å². The van der Waals surface area contributed by atoms with Crippen LogP contribution in [0.4, 0.5) is 4.79 Å². The van der Waals surface area contributed by atoms with Gasteiger partial charge in [-0.1, -0.05) is 19.3 Å². The Balaban J connectivity index is 1.92. The third kappa shape index (κ3) is 6.78. The van der Waals surface area contributed by atoms with Crippen molar-refractivity contribution in [3.63, 3.8) is 0 Å². The van der Waals surface area contributed by atoms with Gasteiger partial charge in [0.1, 0.15) is 5.60 Å². The molecule has 3 N–H and O–H groups in total. The number of carbonyl (C=O) groups is 2. The van der Waals surface area contributed by atoms with Crippen LogP contribution in [0.1, 0.15) is 78.6 Å². The van der Waals surface area contributed by atoms with Crippen LogP contribution in [0.2, 0.25) is 0 Å². The van der Waals surface area contributed by atoms with E-state index in [-0.39, 0.29) is 30.5 Å². The zero-order chi connectivity index (χ0) is 19.2. The van der Waals surface area contributed by atoms with Gasteiger partial charge in [-0.05, 0) is 65.2 Å². The van der Waals surface area contributed by atoms with Crippen molar-refractivity contribution in [2.45, 2.75) is 96.2 Å². The summed E-state index contributed by atoms with van der Waals surface area (Å²) in [6.07, 6.45) is 8.09. The molecule has 0 aromatic heterocycles. The molecule has 0 spiro atoms. The van der Waals surface area contributed by atoms with Crippen LogP contribution in [-0.2, 0) is 9.53 Å². The number of hydrogen-bond donors (Lipinski definition) is 3. The molecule has 0 aromatic rings. The second-order valence-electron chi connectivity index (χ2n) is 8.91. The van der Waals surface area contributed by atoms with Crippen LogP contribution in [-0.4, -0.2) is 41.4 Å². The molecule has 0 aromatic carbocycles. The summed E-state index contributed by atoms with van der Waals surface area (Å²) >= 11 is 0. The molecule has 0 saturated heterocycles. The van der Waals surface area contributed by atoms with Gasteiger partial charge in [0.05, 0.1) is 5.92 Å². The SMILES string of the molecule is CC(C)(C)OC(=O)N[C@H]1CCCCC[C@@H]1C(=O)NC1CCC(CO)CC1. The summed E-state index contributed by atoms with van der Waals surface area (Å²) in [5, 5.41) is 15.4. The Hall–Kier alpha value is -1.30. The number of amides is 2. The molecule has 26 heavy (non-hydrogen) atoms. The predicted molar refractivity (Wildman–Crippen MR) is 101 cm³/mol. The molecule has 2 aliphatic carbocycles. The number of ether oxygens (including phenoxy) is 1. The number of carbonyl (C=O) groups excluding carboxylic acids is 2. The van der Waals surface area contributed by atoms with Crippen molar-refractivity contribution in [3.05, 3.63) is 0 Å². The Morgan fingerprint density at radius 1 is 0.962 bits per heavy atom. The molecule has 2 aliphatic rings. The number of hydrogen-bond acceptors (Lipinski definition) is 4. The summed E-state index contributed by atoms with van der Waals surface area (Å²) in [5.74, 6) is 0.239. The zero-order valence-electron chi connectivity index (χ0n) is 16.6. The van der Waals surface area contributed by atoms with E-state index in [2.05, 4.69) is 10.6 Å². The highest BCUT2D eigenvalue weighted by atomic mass is 16.6. The van der Waals surface area contributed by atoms with Crippen LogP contribution < -0.4 is 10.6 Å². The molecule has 2 saturated carbocycles. The molecule has 0 aliphatic heterocycles. The van der Waals surface area contributed by atoms with Crippen molar-refractivity contribution in [1.29, 1.82) is 0 Å². The lowest BCUT2D eigenvalue weighted by atomic mass is 9.86. The minimum absolute atomic E-state index is 0.0559. The number of aliphatic hydroxyl groups excluding tert-OH is 1. The topological polar surface area (TPSA) is 87.7 Å². The fraction of sp³-hybridized carbons (Fsp3) is 0.900. The molecule has 2 rings (SSSR count). The van der Waals surface area contributed by atoms with Gasteiger partial charge in [-0.15, -0.1) is 0 Å². The molecule has 0 bridgehead atoms. The van der Waals surface area contributed by atoms with E-state index >= 15 is 0 Å². The number of rotatable bonds is 4. The number of aliphatic hydroxyl groups is 1. The summed E-state index contributed by atoms with van der Waals surface area (Å²) in [6.45, 7) is 5.76. The highest BCUT2D eigenvalue weighted by Gasteiger charge is 2.33. The van der Waals surface area contributed by atoms with Crippen molar-refractivity contribution in [1.82, 2.24) is 10.6 Å². The lowest BCUT2D eigenvalue weighted by molar-refractivity contribution is -0.127. The first-order chi connectivity index (χ1) is 12.3. The van der Waals surface area contributed by atoms with Gasteiger partial charge in [0.15, 0.2) is 0 Å². The summed E-state index contributed by atoms with van der Waals surface area (Å²) in [7, 11) is 0. The summed E-state index contributed by atoms with van der Waals surface area (Å²) in [6, 6.07) is 0.0249. The van der Waals surface area contributed by atoms with E-state index in [0.717, 1.165) is 57.8 Å². The fourth-order valence-electron chi connectivity index (χ4n) is 4.05. The van der Waals surface area contributed by atoms with E-state index < -0.39 is 11.7 Å². The van der Waals surface area contributed by atoms with E-state index in [1.807, 2.05) is 20.8 Å². The second-order valence-corrected chi connectivity index (χ2v) is 8.91. The van der Waals surface area contributed by atoms with Crippen molar-refractivity contribution in [3.8, 4) is 0 Å². The maximum Gasteiger partial charge on any atom is 0.407 e. The summed E-state index contributed by atoms with van der Waals surface area (Å²) in [4.78, 5) is 25.1. The van der Waals surface area contributed by atoms with Crippen molar-refractivity contribution in [2.24, 2.45) is 11.8 Å². The Morgan fingerprint density at radius 3 is 2.23 bits per heavy atom. The summed E-state index contributed by atoms with van der Waals surface area (Å²) in [5.41, 5.74) is -0.544. The largest absolute Gasteiger partial charge is 0.444 e. The third-order valence-corrected chi connectivity index (χ3v) is 5.51. The lowest BCUT2D eigenvalue weighted by Crippen LogP contribution is -2.50. The van der Waals surface area contributed by atoms with Crippen molar-refractivity contribution < 1.29 is 19.4 Å². The van der Waals surface area contributed by atoms with Crippen molar-refractivity contribution >= 4 is 12.0 Å². The molecule has 150 valence electrons. The monoisotopic (exact) mass is 368 g/mol. The summed E-state index contributed by atoms with van der Waals surface area (Å²) < 4.78 is 5.38. The average molecular weight is 369 g/mol. The molecule has 6 heteroatoms. The first kappa shape index (κ1) is 21.0. The normalized spacial score (nSPS) is 30.2. The van der Waals surface area contributed by atoms with Gasteiger partial charge in [0.25, 0.3) is 0 Å². The molecular weight excluding hydrogens is 332 g/mol. The number of alkyl carbamates (subject to hydrolysis) is 1. The fourth-order valence-corrected chi connectivity index (χ4v) is 4.05. The van der Waals surface area contributed by atoms with Crippen LogP contribution in [0.25, 0.3) is 0 Å². The van der Waals surface area contributed by atoms with Crippen LogP contribution in [0.15, 0.2) is 0 Å². The molecular formula is C20H36N2O4. The molecule has 2 amide bonds. The standard InChI is InChI=1S/C20H36N2O4/c1-20(2,3)26-19(25)22-17-8-6-4-5-7-16(17)18(24)21-15-11-9-14(13-23)10-12-15/h14-17,23H,4-13H2,1-3H3,(H,21,24)(H,22,25)/t14?,15?,16-,17-/m0/s1. The van der Waals surface area contributed by atoms with Crippen LogP contribution in [0, 0.1) is 11.8 Å². The van der Waals surface area contributed by atoms with E-state index in [1.165, 1.54) is 0 Å². The zero-order valence-corrected chi connectivity index (χ0v) is 16.6. The van der Waals surface area contributed by atoms with E-state index in [9.17, 15) is 14.7 Å². The quantitative estimate of drug-likeness (QED) is 0.665. The molecule has 0 heterocycles. The maximum atomic E-state index is 12.9. The lowest BCUT2D eigenvalue weighted by Gasteiger charge is -2.31. The van der Waals surface area contributed by atoms with Crippen LogP contribution >= 0.6 is 0 Å². The van der Waals surface area contributed by atoms with Gasteiger partial charge >= 0.3 is 6.09 Å². The Kier molecular flexibility index (Phi) is 7.74. The van der Waals surface area contributed by atoms with Crippen molar-refractivity contribution in [2.75, 3.05) is 6.61 Å². The molecule has 0 unspecified atom stereocenters. The number of nitrogens with one attached hydrogen (secondary N) is 2. The highest BCUT2D eigenvalue weighted by molar-refractivity contribution is 5.80. The second kappa shape index (κ2) is 9.58. The van der Waals surface area contributed by atoms with E-state index in [4.69, 9.17) is 4.74 Å². The first-order valence-corrected chi connectivity index (χ1v) is 10.2. The molecule has 2 atom stereocenters. The highest BCUT2D eigenvalue weighted by Crippen LogP contribution is 2.27. The molecule has 6 nitrogen and oxygen atoms in total. The maximum absolute atomic E-state index is 12.9. The van der Waals surface area contributed by atoms with Crippen LogP contribution in [0.3, 0.4) is 0 Å². The van der Waals surface area contributed by atoms with Gasteiger partial charge in [-0.3, -0.25) is 4.79 Å². The third-order valence-electron chi connectivity index (χ3n) is 5.51. The smallest absolute Gasteiger partial charge is 0.407 e. The van der Waals surface area contributed by atoms with E-state index in [1.54, 1.807) is 0 Å².